The van der Waals surface area contributed by atoms with Crippen molar-refractivity contribution >= 4 is 15.5 Å². The van der Waals surface area contributed by atoms with Gasteiger partial charge in [-0.05, 0) is 25.0 Å². The summed E-state index contributed by atoms with van der Waals surface area (Å²) in [5.74, 6) is -0.138. The molecule has 2 aliphatic rings. The molecule has 1 heterocycles. The van der Waals surface area contributed by atoms with Crippen LogP contribution in [0.25, 0.3) is 0 Å². The molecule has 0 radical (unpaired) electrons. The van der Waals surface area contributed by atoms with Gasteiger partial charge in [0.05, 0.1) is 10.4 Å². The maximum absolute atomic E-state index is 12.6. The highest BCUT2D eigenvalue weighted by atomic mass is 32.2. The molecular formula is C12H15NO3S. The molecular weight excluding hydrogens is 238 g/mol. The summed E-state index contributed by atoms with van der Waals surface area (Å²) in [5.41, 5.74) is 0.530. The normalized spacial score (nSPS) is 24.2. The SMILES string of the molecule is O=S1(=O)c2c(O)cccc2NCC12CCCC2. The van der Waals surface area contributed by atoms with Crippen molar-refractivity contribution in [3.05, 3.63) is 18.2 Å². The van der Waals surface area contributed by atoms with E-state index in [-0.39, 0.29) is 10.6 Å². The third kappa shape index (κ3) is 1.32. The molecule has 1 saturated carbocycles. The number of sulfone groups is 1. The molecule has 0 bridgehead atoms. The van der Waals surface area contributed by atoms with E-state index in [1.165, 1.54) is 6.07 Å². The number of fused-ring (bicyclic) bond motifs is 1. The van der Waals surface area contributed by atoms with Crippen LogP contribution >= 0.6 is 0 Å². The van der Waals surface area contributed by atoms with Gasteiger partial charge in [0.15, 0.2) is 9.84 Å². The second kappa shape index (κ2) is 3.38. The quantitative estimate of drug-likeness (QED) is 0.741. The highest BCUT2D eigenvalue weighted by Gasteiger charge is 2.50. The largest absolute Gasteiger partial charge is 0.507 e. The molecule has 1 fully saturated rings. The summed E-state index contributed by atoms with van der Waals surface area (Å²) in [6.45, 7) is 0.464. The van der Waals surface area contributed by atoms with E-state index in [4.69, 9.17) is 0 Å². The summed E-state index contributed by atoms with van der Waals surface area (Å²) < 4.78 is 24.6. The van der Waals surface area contributed by atoms with E-state index in [1.54, 1.807) is 12.1 Å². The standard InChI is InChI=1S/C12H15NO3S/c14-10-5-3-4-9-11(10)17(15,16)12(8-13-9)6-1-2-7-12/h3-5,13-14H,1-2,6-8H2. The Balaban J connectivity index is 2.24. The molecule has 92 valence electrons. The van der Waals surface area contributed by atoms with Gasteiger partial charge in [-0.3, -0.25) is 0 Å². The highest BCUT2D eigenvalue weighted by Crippen LogP contribution is 2.47. The third-order valence-corrected chi connectivity index (χ3v) is 6.61. The first kappa shape index (κ1) is 10.9. The molecule has 5 heteroatoms. The van der Waals surface area contributed by atoms with E-state index >= 15 is 0 Å². The molecule has 1 spiro atoms. The zero-order valence-corrected chi connectivity index (χ0v) is 10.3. The number of benzene rings is 1. The summed E-state index contributed by atoms with van der Waals surface area (Å²) in [6.07, 6.45) is 3.28. The highest BCUT2D eigenvalue weighted by molar-refractivity contribution is 7.93. The number of hydrogen-bond donors (Lipinski definition) is 2. The van der Waals surface area contributed by atoms with Crippen LogP contribution in [0.5, 0.6) is 5.75 Å². The van der Waals surface area contributed by atoms with Gasteiger partial charge in [0.25, 0.3) is 0 Å². The molecule has 0 unspecified atom stereocenters. The van der Waals surface area contributed by atoms with Gasteiger partial charge in [0.2, 0.25) is 0 Å². The molecule has 3 rings (SSSR count). The number of phenols is 1. The van der Waals surface area contributed by atoms with E-state index in [2.05, 4.69) is 5.32 Å². The molecule has 0 atom stereocenters. The van der Waals surface area contributed by atoms with Crippen LogP contribution in [0.4, 0.5) is 5.69 Å². The molecule has 4 nitrogen and oxygen atoms in total. The van der Waals surface area contributed by atoms with E-state index < -0.39 is 14.6 Å². The smallest absolute Gasteiger partial charge is 0.191 e. The molecule has 0 aromatic heterocycles. The van der Waals surface area contributed by atoms with Gasteiger partial charge in [-0.2, -0.15) is 0 Å². The minimum Gasteiger partial charge on any atom is -0.507 e. The Morgan fingerprint density at radius 2 is 1.94 bits per heavy atom. The van der Waals surface area contributed by atoms with Gasteiger partial charge in [-0.1, -0.05) is 18.9 Å². The van der Waals surface area contributed by atoms with Crippen LogP contribution in [0.2, 0.25) is 0 Å². The average molecular weight is 253 g/mol. The fraction of sp³-hybridized carbons (Fsp3) is 0.500. The van der Waals surface area contributed by atoms with Crippen LogP contribution in [0.1, 0.15) is 25.7 Å². The summed E-state index contributed by atoms with van der Waals surface area (Å²) >= 11 is 0. The van der Waals surface area contributed by atoms with E-state index in [0.29, 0.717) is 25.1 Å². The minimum absolute atomic E-state index is 0.0909. The summed E-state index contributed by atoms with van der Waals surface area (Å²) in [4.78, 5) is 0.0909. The zero-order valence-electron chi connectivity index (χ0n) is 9.44. The topological polar surface area (TPSA) is 66.4 Å². The van der Waals surface area contributed by atoms with Crippen molar-refractivity contribution in [2.75, 3.05) is 11.9 Å². The number of rotatable bonds is 0. The first-order valence-electron chi connectivity index (χ1n) is 5.87. The molecule has 0 amide bonds. The summed E-state index contributed by atoms with van der Waals surface area (Å²) in [6, 6.07) is 4.80. The number of aromatic hydroxyl groups is 1. The molecule has 1 aromatic carbocycles. The van der Waals surface area contributed by atoms with Crippen LogP contribution in [0.3, 0.4) is 0 Å². The van der Waals surface area contributed by atoms with Crippen LogP contribution in [0.15, 0.2) is 23.1 Å². The van der Waals surface area contributed by atoms with Crippen LogP contribution < -0.4 is 5.32 Å². The maximum atomic E-state index is 12.6. The lowest BCUT2D eigenvalue weighted by atomic mass is 10.1. The van der Waals surface area contributed by atoms with Crippen LogP contribution in [-0.2, 0) is 9.84 Å². The lowest BCUT2D eigenvalue weighted by molar-refractivity contribution is 0.451. The van der Waals surface area contributed by atoms with Crippen molar-refractivity contribution in [2.24, 2.45) is 0 Å². The summed E-state index contributed by atoms with van der Waals surface area (Å²) in [5, 5.41) is 13.0. The molecule has 1 aliphatic carbocycles. The number of anilines is 1. The van der Waals surface area contributed by atoms with Gasteiger partial charge in [-0.15, -0.1) is 0 Å². The summed E-state index contributed by atoms with van der Waals surface area (Å²) in [7, 11) is -3.43. The van der Waals surface area contributed by atoms with Crippen LogP contribution in [0, 0.1) is 0 Å². The zero-order chi connectivity index (χ0) is 12.1. The molecule has 1 aliphatic heterocycles. The lowest BCUT2D eigenvalue weighted by Crippen LogP contribution is -2.45. The molecule has 0 saturated heterocycles. The van der Waals surface area contributed by atoms with Gasteiger partial charge < -0.3 is 10.4 Å². The van der Waals surface area contributed by atoms with Crippen molar-refractivity contribution in [1.29, 1.82) is 0 Å². The Kier molecular flexibility index (Phi) is 2.17. The second-order valence-corrected chi connectivity index (χ2v) is 7.18. The predicted molar refractivity (Wildman–Crippen MR) is 65.0 cm³/mol. The predicted octanol–water partition coefficient (Wildman–Crippen LogP) is 1.90. The molecule has 2 N–H and O–H groups in total. The number of hydrogen-bond acceptors (Lipinski definition) is 4. The third-order valence-electron chi connectivity index (χ3n) is 3.95. The van der Waals surface area contributed by atoms with Gasteiger partial charge in [0.1, 0.15) is 10.6 Å². The Morgan fingerprint density at radius 1 is 1.24 bits per heavy atom. The fourth-order valence-corrected chi connectivity index (χ4v) is 5.27. The van der Waals surface area contributed by atoms with Gasteiger partial charge >= 0.3 is 0 Å². The first-order chi connectivity index (χ1) is 8.07. The van der Waals surface area contributed by atoms with Gasteiger partial charge in [-0.25, -0.2) is 8.42 Å². The first-order valence-corrected chi connectivity index (χ1v) is 7.36. The fourth-order valence-electron chi connectivity index (χ4n) is 2.98. The van der Waals surface area contributed by atoms with Crippen molar-refractivity contribution < 1.29 is 13.5 Å². The second-order valence-electron chi connectivity index (χ2n) is 4.90. The number of nitrogens with one attached hydrogen (secondary N) is 1. The van der Waals surface area contributed by atoms with Crippen molar-refractivity contribution in [2.45, 2.75) is 35.3 Å². The molecule has 17 heavy (non-hydrogen) atoms. The Hall–Kier alpha value is -1.23. The number of phenolic OH excluding ortho intramolecular Hbond substituents is 1. The van der Waals surface area contributed by atoms with Gasteiger partial charge in [0, 0.05) is 6.54 Å². The van der Waals surface area contributed by atoms with E-state index in [9.17, 15) is 13.5 Å². The Bertz CT molecular complexity index is 559. The van der Waals surface area contributed by atoms with Crippen molar-refractivity contribution in [1.82, 2.24) is 0 Å². The lowest BCUT2D eigenvalue weighted by Gasteiger charge is -2.35. The molecule has 1 aromatic rings. The maximum Gasteiger partial charge on any atom is 0.191 e. The van der Waals surface area contributed by atoms with Crippen molar-refractivity contribution in [3.63, 3.8) is 0 Å². The van der Waals surface area contributed by atoms with Crippen molar-refractivity contribution in [3.8, 4) is 5.75 Å². The van der Waals surface area contributed by atoms with E-state index in [1.807, 2.05) is 0 Å². The van der Waals surface area contributed by atoms with E-state index in [0.717, 1.165) is 12.8 Å². The average Bonchev–Trinajstić information content (AvgIpc) is 2.74. The Morgan fingerprint density at radius 3 is 2.65 bits per heavy atom. The monoisotopic (exact) mass is 253 g/mol. The Labute approximate surface area is 101 Å². The minimum atomic E-state index is -3.43. The van der Waals surface area contributed by atoms with Crippen LogP contribution in [-0.4, -0.2) is 24.8 Å².